The van der Waals surface area contributed by atoms with Crippen molar-refractivity contribution in [3.63, 3.8) is 0 Å². The van der Waals surface area contributed by atoms with Crippen molar-refractivity contribution in [2.24, 2.45) is 5.92 Å². The van der Waals surface area contributed by atoms with Crippen LogP contribution in [-0.4, -0.2) is 37.2 Å². The molecule has 4 nitrogen and oxygen atoms in total. The Morgan fingerprint density at radius 3 is 2.94 bits per heavy atom. The fourth-order valence-electron chi connectivity index (χ4n) is 2.46. The van der Waals surface area contributed by atoms with Crippen LogP contribution < -0.4 is 10.6 Å². The van der Waals surface area contributed by atoms with E-state index in [1.54, 1.807) is 0 Å². The summed E-state index contributed by atoms with van der Waals surface area (Å²) in [5.74, 6) is 0.324. The summed E-state index contributed by atoms with van der Waals surface area (Å²) in [6.07, 6.45) is 3.14. The van der Waals surface area contributed by atoms with Crippen LogP contribution in [0.25, 0.3) is 0 Å². The molecular formula is C12H22N2O2. The molecule has 16 heavy (non-hydrogen) atoms. The number of piperidine rings is 1. The molecule has 4 heteroatoms. The van der Waals surface area contributed by atoms with Gasteiger partial charge in [-0.3, -0.25) is 4.79 Å². The zero-order valence-electron chi connectivity index (χ0n) is 10.2. The zero-order chi connectivity index (χ0) is 11.6. The summed E-state index contributed by atoms with van der Waals surface area (Å²) in [6.45, 7) is 6.73. The van der Waals surface area contributed by atoms with Gasteiger partial charge in [0.15, 0.2) is 0 Å². The quantitative estimate of drug-likeness (QED) is 0.727. The van der Waals surface area contributed by atoms with Crippen LogP contribution in [0.1, 0.15) is 33.1 Å². The van der Waals surface area contributed by atoms with Gasteiger partial charge in [-0.2, -0.15) is 0 Å². The first-order valence-electron chi connectivity index (χ1n) is 6.26. The summed E-state index contributed by atoms with van der Waals surface area (Å²) in [5.41, 5.74) is -0.172. The lowest BCUT2D eigenvalue weighted by molar-refractivity contribution is -0.128. The minimum absolute atomic E-state index is 0.119. The number of carbonyl (C=O) groups is 1. The van der Waals surface area contributed by atoms with Gasteiger partial charge in [-0.25, -0.2) is 0 Å². The Bertz CT molecular complexity index is 264. The lowest BCUT2D eigenvalue weighted by Crippen LogP contribution is -2.54. The molecule has 0 radical (unpaired) electrons. The predicted octanol–water partition coefficient (Wildman–Crippen LogP) is 0.670. The van der Waals surface area contributed by atoms with Gasteiger partial charge in [-0.05, 0) is 39.7 Å². The summed E-state index contributed by atoms with van der Waals surface area (Å²) >= 11 is 0. The lowest BCUT2D eigenvalue weighted by atomic mass is 9.92. The molecule has 0 saturated carbocycles. The second kappa shape index (κ2) is 4.72. The van der Waals surface area contributed by atoms with Crippen LogP contribution >= 0.6 is 0 Å². The van der Waals surface area contributed by atoms with Crippen molar-refractivity contribution in [2.45, 2.75) is 44.8 Å². The monoisotopic (exact) mass is 226 g/mol. The number of hydrogen-bond acceptors (Lipinski definition) is 3. The third-order valence-electron chi connectivity index (χ3n) is 3.96. The summed E-state index contributed by atoms with van der Waals surface area (Å²) in [7, 11) is 0. The summed E-state index contributed by atoms with van der Waals surface area (Å²) in [5, 5.41) is 6.44. The molecule has 92 valence electrons. The fourth-order valence-corrected chi connectivity index (χ4v) is 2.46. The molecule has 3 atom stereocenters. The van der Waals surface area contributed by atoms with Crippen LogP contribution in [-0.2, 0) is 9.53 Å². The maximum atomic E-state index is 12.1. The van der Waals surface area contributed by atoms with E-state index < -0.39 is 0 Å². The van der Waals surface area contributed by atoms with Crippen molar-refractivity contribution in [1.29, 1.82) is 0 Å². The van der Waals surface area contributed by atoms with Crippen molar-refractivity contribution in [3.05, 3.63) is 0 Å². The van der Waals surface area contributed by atoms with E-state index in [9.17, 15) is 4.79 Å². The van der Waals surface area contributed by atoms with Crippen molar-refractivity contribution < 1.29 is 9.53 Å². The van der Waals surface area contributed by atoms with E-state index in [-0.39, 0.29) is 23.5 Å². The number of rotatable bonds is 2. The van der Waals surface area contributed by atoms with Crippen LogP contribution in [0.15, 0.2) is 0 Å². The van der Waals surface area contributed by atoms with Crippen molar-refractivity contribution in [3.8, 4) is 0 Å². The Morgan fingerprint density at radius 2 is 2.38 bits per heavy atom. The third kappa shape index (κ3) is 2.38. The minimum atomic E-state index is -0.172. The molecular weight excluding hydrogens is 204 g/mol. The fraction of sp³-hybridized carbons (Fsp3) is 0.917. The van der Waals surface area contributed by atoms with E-state index >= 15 is 0 Å². The van der Waals surface area contributed by atoms with Gasteiger partial charge in [0.25, 0.3) is 0 Å². The number of amides is 1. The smallest absolute Gasteiger partial charge is 0.224 e. The van der Waals surface area contributed by atoms with Gasteiger partial charge >= 0.3 is 0 Å². The Morgan fingerprint density at radius 1 is 1.56 bits per heavy atom. The van der Waals surface area contributed by atoms with E-state index in [0.717, 1.165) is 39.0 Å². The maximum absolute atomic E-state index is 12.1. The molecule has 0 aromatic carbocycles. The Labute approximate surface area is 97.1 Å². The first-order chi connectivity index (χ1) is 7.62. The topological polar surface area (TPSA) is 50.4 Å². The van der Waals surface area contributed by atoms with Crippen LogP contribution in [0.5, 0.6) is 0 Å². The summed E-state index contributed by atoms with van der Waals surface area (Å²) < 4.78 is 5.53. The van der Waals surface area contributed by atoms with E-state index in [0.29, 0.717) is 0 Å². The second-order valence-electron chi connectivity index (χ2n) is 5.21. The maximum Gasteiger partial charge on any atom is 0.224 e. The second-order valence-corrected chi connectivity index (χ2v) is 5.21. The van der Waals surface area contributed by atoms with Gasteiger partial charge in [0.1, 0.15) is 0 Å². The molecule has 2 aliphatic heterocycles. The normalized spacial score (nSPS) is 39.6. The molecule has 2 saturated heterocycles. The highest BCUT2D eigenvalue weighted by molar-refractivity contribution is 5.79. The largest absolute Gasteiger partial charge is 0.376 e. The van der Waals surface area contributed by atoms with Crippen LogP contribution in [0.2, 0.25) is 0 Å². The summed E-state index contributed by atoms with van der Waals surface area (Å²) in [4.78, 5) is 12.1. The third-order valence-corrected chi connectivity index (χ3v) is 3.96. The first-order valence-corrected chi connectivity index (χ1v) is 6.26. The molecule has 1 amide bonds. The number of carbonyl (C=O) groups excluding carboxylic acids is 1. The van der Waals surface area contributed by atoms with Gasteiger partial charge in [-0.1, -0.05) is 0 Å². The molecule has 0 spiro atoms. The molecule has 0 aromatic heterocycles. The number of nitrogens with one attached hydrogen (secondary N) is 2. The van der Waals surface area contributed by atoms with Gasteiger partial charge in [0.2, 0.25) is 5.91 Å². The van der Waals surface area contributed by atoms with E-state index in [2.05, 4.69) is 17.6 Å². The first kappa shape index (κ1) is 11.9. The SMILES string of the molecule is CC1OCCC1(C)NC(=O)C1CCCNC1. The van der Waals surface area contributed by atoms with E-state index in [4.69, 9.17) is 4.74 Å². The molecule has 2 rings (SSSR count). The molecule has 0 aliphatic carbocycles. The van der Waals surface area contributed by atoms with Gasteiger partial charge in [-0.15, -0.1) is 0 Å². The molecule has 3 unspecified atom stereocenters. The minimum Gasteiger partial charge on any atom is -0.376 e. The average molecular weight is 226 g/mol. The molecule has 2 N–H and O–H groups in total. The lowest BCUT2D eigenvalue weighted by Gasteiger charge is -2.32. The molecule has 2 heterocycles. The Kier molecular flexibility index (Phi) is 3.50. The van der Waals surface area contributed by atoms with E-state index in [1.165, 1.54) is 0 Å². The van der Waals surface area contributed by atoms with Crippen LogP contribution in [0.3, 0.4) is 0 Å². The molecule has 0 aromatic rings. The standard InChI is InChI=1S/C12H22N2O2/c1-9-12(2,5-7-16-9)14-11(15)10-4-3-6-13-8-10/h9-10,13H,3-8H2,1-2H3,(H,14,15). The number of ether oxygens (including phenoxy) is 1. The Hall–Kier alpha value is -0.610. The summed E-state index contributed by atoms with van der Waals surface area (Å²) in [6, 6.07) is 0. The van der Waals surface area contributed by atoms with Gasteiger partial charge in [0.05, 0.1) is 17.6 Å². The van der Waals surface area contributed by atoms with Crippen molar-refractivity contribution in [2.75, 3.05) is 19.7 Å². The molecule has 2 fully saturated rings. The van der Waals surface area contributed by atoms with Crippen molar-refractivity contribution >= 4 is 5.91 Å². The average Bonchev–Trinajstić information content (AvgIpc) is 2.60. The predicted molar refractivity (Wildman–Crippen MR) is 62.2 cm³/mol. The number of hydrogen-bond donors (Lipinski definition) is 2. The highest BCUT2D eigenvalue weighted by Crippen LogP contribution is 2.26. The molecule has 0 bridgehead atoms. The zero-order valence-corrected chi connectivity index (χ0v) is 10.2. The van der Waals surface area contributed by atoms with Crippen LogP contribution in [0.4, 0.5) is 0 Å². The van der Waals surface area contributed by atoms with Gasteiger partial charge < -0.3 is 15.4 Å². The Balaban J connectivity index is 1.90. The highest BCUT2D eigenvalue weighted by atomic mass is 16.5. The molecule has 2 aliphatic rings. The van der Waals surface area contributed by atoms with Crippen LogP contribution in [0, 0.1) is 5.92 Å². The van der Waals surface area contributed by atoms with E-state index in [1.807, 2.05) is 6.92 Å². The van der Waals surface area contributed by atoms with Gasteiger partial charge in [0, 0.05) is 13.2 Å². The van der Waals surface area contributed by atoms with Crippen molar-refractivity contribution in [1.82, 2.24) is 10.6 Å². The highest BCUT2D eigenvalue weighted by Gasteiger charge is 2.39.